The molecule has 0 bridgehead atoms. The van der Waals surface area contributed by atoms with Crippen LogP contribution in [0.3, 0.4) is 0 Å². The summed E-state index contributed by atoms with van der Waals surface area (Å²) in [6.07, 6.45) is 0.861. The highest BCUT2D eigenvalue weighted by Gasteiger charge is 1.83. The minimum atomic E-state index is 0.773. The molecule has 0 aromatic carbocycles. The van der Waals surface area contributed by atoms with Crippen LogP contribution >= 0.6 is 0 Å². The summed E-state index contributed by atoms with van der Waals surface area (Å²) in [6, 6.07) is 0. The first-order valence-electron chi connectivity index (χ1n) is 2.58. The molecule has 0 fully saturated rings. The zero-order valence-electron chi connectivity index (χ0n) is 4.65. The smallest absolute Gasteiger partial charge is 0.108 e. The number of rotatable bonds is 4. The summed E-state index contributed by atoms with van der Waals surface area (Å²) < 4.78 is 5.01. The van der Waals surface area contributed by atoms with E-state index < -0.39 is 0 Å². The molecule has 2 nitrogen and oxygen atoms in total. The highest BCUT2D eigenvalue weighted by molar-refractivity contribution is 4.34. The minimum Gasteiger partial charge on any atom is -0.371 e. The maximum atomic E-state index is 5.01. The van der Waals surface area contributed by atoms with Gasteiger partial charge in [-0.3, -0.25) is 0 Å². The van der Waals surface area contributed by atoms with Crippen molar-refractivity contribution in [3.63, 3.8) is 0 Å². The van der Waals surface area contributed by atoms with Crippen molar-refractivity contribution >= 4 is 0 Å². The number of quaternary nitrogens is 1. The lowest BCUT2D eigenvalue weighted by Crippen LogP contribution is -2.52. The monoisotopic (exact) mass is 103 g/mol. The van der Waals surface area contributed by atoms with Gasteiger partial charge in [0, 0.05) is 0 Å². The summed E-state index contributed by atoms with van der Waals surface area (Å²) >= 11 is 0. The molecule has 0 aliphatic carbocycles. The van der Waals surface area contributed by atoms with Crippen LogP contribution in [0.15, 0.2) is 0 Å². The second-order valence-electron chi connectivity index (χ2n) is 1.32. The summed E-state index contributed by atoms with van der Waals surface area (Å²) in [5.74, 6) is 0. The van der Waals surface area contributed by atoms with Crippen molar-refractivity contribution in [2.75, 3.05) is 19.8 Å². The van der Waals surface area contributed by atoms with E-state index in [2.05, 4.69) is 12.7 Å². The van der Waals surface area contributed by atoms with Crippen LogP contribution < -0.4 is 5.73 Å². The third-order valence-electron chi connectivity index (χ3n) is 0.577. The summed E-state index contributed by atoms with van der Waals surface area (Å²) in [5.41, 5.74) is 3.61. The van der Waals surface area contributed by atoms with Gasteiger partial charge in [-0.15, -0.1) is 0 Å². The molecule has 7 heavy (non-hydrogen) atoms. The van der Waals surface area contributed by atoms with E-state index in [1.165, 1.54) is 0 Å². The molecule has 0 saturated heterocycles. The van der Waals surface area contributed by atoms with E-state index in [0.29, 0.717) is 0 Å². The molecule has 0 heterocycles. The van der Waals surface area contributed by atoms with Gasteiger partial charge in [0.05, 0.1) is 26.7 Å². The Kier molecular flexibility index (Phi) is 5.62. The molecule has 0 aromatic heterocycles. The van der Waals surface area contributed by atoms with Crippen LogP contribution in [0.4, 0.5) is 0 Å². The molecule has 0 aliphatic rings. The van der Waals surface area contributed by atoms with Gasteiger partial charge in [0.25, 0.3) is 0 Å². The molecular weight excluding hydrogens is 90.1 g/mol. The van der Waals surface area contributed by atoms with Gasteiger partial charge in [0.1, 0.15) is 6.42 Å². The van der Waals surface area contributed by atoms with E-state index in [-0.39, 0.29) is 0 Å². The Hall–Kier alpha value is -0.210. The fourth-order valence-electron chi connectivity index (χ4n) is 0.306. The Morgan fingerprint density at radius 1 is 1.43 bits per heavy atom. The topological polar surface area (TPSA) is 36.9 Å². The Labute approximate surface area is 44.7 Å². The normalized spacial score (nSPS) is 9.29. The van der Waals surface area contributed by atoms with Crippen LogP contribution in [0.1, 0.15) is 6.42 Å². The van der Waals surface area contributed by atoms with Crippen molar-refractivity contribution in [1.82, 2.24) is 0 Å². The van der Waals surface area contributed by atoms with E-state index >= 15 is 0 Å². The second-order valence-corrected chi connectivity index (χ2v) is 1.32. The van der Waals surface area contributed by atoms with Crippen molar-refractivity contribution in [3.8, 4) is 0 Å². The molecule has 0 aliphatic heterocycles. The van der Waals surface area contributed by atoms with Crippen LogP contribution in [0.25, 0.3) is 0 Å². The zero-order chi connectivity index (χ0) is 5.54. The minimum absolute atomic E-state index is 0.773. The standard InChI is InChI=1S/C5H12NO/c1-2-4-7-5-3-6/h1-6H2/q+1/p+1. The van der Waals surface area contributed by atoms with Crippen molar-refractivity contribution in [2.24, 2.45) is 0 Å². The fourth-order valence-corrected chi connectivity index (χ4v) is 0.306. The average molecular weight is 103 g/mol. The molecule has 0 rings (SSSR count). The lowest BCUT2D eigenvalue weighted by atomic mass is 10.5. The first kappa shape index (κ1) is 6.79. The predicted molar refractivity (Wildman–Crippen MR) is 28.5 cm³/mol. The number of hydrogen-bond donors (Lipinski definition) is 1. The van der Waals surface area contributed by atoms with Gasteiger partial charge in [0.15, 0.2) is 0 Å². The summed E-state index contributed by atoms with van der Waals surface area (Å²) in [4.78, 5) is 0. The van der Waals surface area contributed by atoms with E-state index in [0.717, 1.165) is 26.2 Å². The summed E-state index contributed by atoms with van der Waals surface area (Å²) in [5, 5.41) is 0. The van der Waals surface area contributed by atoms with Crippen LogP contribution in [0.5, 0.6) is 0 Å². The van der Waals surface area contributed by atoms with Gasteiger partial charge in [-0.2, -0.15) is 0 Å². The van der Waals surface area contributed by atoms with Crippen molar-refractivity contribution < 1.29 is 10.5 Å². The second kappa shape index (κ2) is 5.79. The number of ether oxygens (including phenoxy) is 1. The van der Waals surface area contributed by atoms with Crippen LogP contribution in [-0.2, 0) is 4.74 Å². The summed E-state index contributed by atoms with van der Waals surface area (Å²) in [7, 11) is 0. The maximum Gasteiger partial charge on any atom is 0.108 e. The Morgan fingerprint density at radius 3 is 2.57 bits per heavy atom. The summed E-state index contributed by atoms with van der Waals surface area (Å²) in [6.45, 7) is 6.02. The molecule has 42 valence electrons. The van der Waals surface area contributed by atoms with Gasteiger partial charge < -0.3 is 10.5 Å². The number of hydrogen-bond acceptors (Lipinski definition) is 1. The Morgan fingerprint density at radius 2 is 2.14 bits per heavy atom. The molecule has 3 N–H and O–H groups in total. The first-order chi connectivity index (χ1) is 3.41. The Bertz CT molecular complexity index is 27.3. The third-order valence-corrected chi connectivity index (χ3v) is 0.577. The molecule has 0 spiro atoms. The lowest BCUT2D eigenvalue weighted by Gasteiger charge is -1.91. The zero-order valence-corrected chi connectivity index (χ0v) is 4.65. The van der Waals surface area contributed by atoms with E-state index in [1.54, 1.807) is 0 Å². The average Bonchev–Trinajstić information content (AvgIpc) is 1.69. The molecule has 0 aromatic rings. The molecule has 0 unspecified atom stereocenters. The Balaban J connectivity index is 2.45. The SMILES string of the molecule is [CH2+]CCOCC[NH3+]. The van der Waals surface area contributed by atoms with E-state index in [4.69, 9.17) is 4.74 Å². The van der Waals surface area contributed by atoms with E-state index in [9.17, 15) is 0 Å². The van der Waals surface area contributed by atoms with Gasteiger partial charge in [-0.1, -0.05) is 0 Å². The highest BCUT2D eigenvalue weighted by Crippen LogP contribution is 1.74. The van der Waals surface area contributed by atoms with E-state index in [1.807, 2.05) is 0 Å². The molecular formula is C5H13NO+2. The molecule has 2 heteroatoms. The van der Waals surface area contributed by atoms with Crippen LogP contribution in [0, 0.1) is 6.92 Å². The predicted octanol–water partition coefficient (Wildman–Crippen LogP) is -0.531. The molecule has 0 saturated carbocycles. The largest absolute Gasteiger partial charge is 0.371 e. The van der Waals surface area contributed by atoms with Crippen LogP contribution in [0.2, 0.25) is 0 Å². The van der Waals surface area contributed by atoms with Crippen LogP contribution in [-0.4, -0.2) is 19.8 Å². The van der Waals surface area contributed by atoms with Crippen molar-refractivity contribution in [3.05, 3.63) is 6.92 Å². The molecule has 0 amide bonds. The van der Waals surface area contributed by atoms with Gasteiger partial charge in [0.2, 0.25) is 0 Å². The molecule has 0 radical (unpaired) electrons. The maximum absolute atomic E-state index is 5.01. The van der Waals surface area contributed by atoms with Gasteiger partial charge in [-0.25, -0.2) is 0 Å². The quantitative estimate of drug-likeness (QED) is 0.377. The fraction of sp³-hybridized carbons (Fsp3) is 0.800. The lowest BCUT2D eigenvalue weighted by molar-refractivity contribution is -0.374. The first-order valence-corrected chi connectivity index (χ1v) is 2.58. The van der Waals surface area contributed by atoms with Crippen molar-refractivity contribution in [2.45, 2.75) is 6.42 Å². The highest BCUT2D eigenvalue weighted by atomic mass is 16.5. The third kappa shape index (κ3) is 5.79. The van der Waals surface area contributed by atoms with Gasteiger partial charge in [-0.05, 0) is 0 Å². The molecule has 0 atom stereocenters. The van der Waals surface area contributed by atoms with Gasteiger partial charge >= 0.3 is 0 Å². The van der Waals surface area contributed by atoms with Crippen molar-refractivity contribution in [1.29, 1.82) is 0 Å².